The number of thiazole rings is 1. The molecule has 4 heterocycles. The summed E-state index contributed by atoms with van der Waals surface area (Å²) in [5.74, 6) is -0.645. The van der Waals surface area contributed by atoms with Crippen LogP contribution < -0.4 is 10.6 Å². The predicted molar refractivity (Wildman–Crippen MR) is 132 cm³/mol. The molecule has 0 aromatic carbocycles. The van der Waals surface area contributed by atoms with Crippen molar-refractivity contribution < 1.29 is 23.2 Å². The Kier molecular flexibility index (Phi) is 7.82. The maximum absolute atomic E-state index is 14.1. The molecule has 1 unspecified atom stereocenters. The molecule has 194 valence electrons. The zero-order valence-corrected chi connectivity index (χ0v) is 21.3. The Labute approximate surface area is 212 Å². The Morgan fingerprint density at radius 3 is 2.64 bits per heavy atom. The van der Waals surface area contributed by atoms with Crippen LogP contribution in [-0.2, 0) is 4.79 Å². The number of nitrogens with one attached hydrogen (secondary N) is 2. The maximum Gasteiger partial charge on any atom is 0.280 e. The van der Waals surface area contributed by atoms with E-state index in [9.17, 15) is 23.2 Å². The molecule has 0 radical (unpaired) electrons. The van der Waals surface area contributed by atoms with Crippen LogP contribution in [0.1, 0.15) is 72.3 Å². The number of pyridine rings is 1. The molecule has 0 bridgehead atoms. The number of carbonyl (C=O) groups excluding carboxylic acids is 3. The summed E-state index contributed by atoms with van der Waals surface area (Å²) in [6, 6.07) is 1.05. The first kappa shape index (κ1) is 25.9. The Morgan fingerprint density at radius 2 is 2.03 bits per heavy atom. The van der Waals surface area contributed by atoms with Crippen molar-refractivity contribution >= 4 is 34.9 Å². The molecule has 2 N–H and O–H groups in total. The van der Waals surface area contributed by atoms with Crippen molar-refractivity contribution in [2.75, 3.05) is 31.5 Å². The highest BCUT2D eigenvalue weighted by atomic mass is 32.1. The lowest BCUT2D eigenvalue weighted by Crippen LogP contribution is -2.60. The lowest BCUT2D eigenvalue weighted by atomic mass is 10.1. The molecule has 0 saturated carbocycles. The van der Waals surface area contributed by atoms with Gasteiger partial charge in [-0.3, -0.25) is 14.4 Å². The van der Waals surface area contributed by atoms with Gasteiger partial charge in [0.05, 0.1) is 10.9 Å². The molecule has 0 spiro atoms. The lowest BCUT2D eigenvalue weighted by molar-refractivity contribution is -0.133. The molecule has 1 atom stereocenters. The molecule has 0 aliphatic carbocycles. The molecule has 2 aromatic rings. The largest absolute Gasteiger partial charge is 0.370 e. The second-order valence-corrected chi connectivity index (χ2v) is 10.2. The van der Waals surface area contributed by atoms with Gasteiger partial charge in [-0.25, -0.2) is 18.7 Å². The fraction of sp³-hybridized carbons (Fsp3) is 0.542. The number of rotatable bonds is 8. The van der Waals surface area contributed by atoms with Gasteiger partial charge in [-0.15, -0.1) is 11.3 Å². The van der Waals surface area contributed by atoms with E-state index in [1.807, 2.05) is 13.8 Å². The summed E-state index contributed by atoms with van der Waals surface area (Å²) in [5.41, 5.74) is -0.208. The molecule has 2 aromatic heterocycles. The summed E-state index contributed by atoms with van der Waals surface area (Å²) in [6.45, 7) is 7.25. The van der Waals surface area contributed by atoms with Crippen molar-refractivity contribution in [1.29, 1.82) is 0 Å². The monoisotopic (exact) mass is 520 g/mol. The first-order valence-electron chi connectivity index (χ1n) is 12.1. The van der Waals surface area contributed by atoms with Crippen LogP contribution in [0.25, 0.3) is 10.4 Å². The third-order valence-corrected chi connectivity index (χ3v) is 7.56. The number of aromatic nitrogens is 2. The van der Waals surface area contributed by atoms with Crippen molar-refractivity contribution in [2.24, 2.45) is 0 Å². The highest BCUT2D eigenvalue weighted by molar-refractivity contribution is 7.17. The summed E-state index contributed by atoms with van der Waals surface area (Å²) < 4.78 is 28.3. The summed E-state index contributed by atoms with van der Waals surface area (Å²) in [6.07, 6.45) is 0.990. The quantitative estimate of drug-likeness (QED) is 0.551. The molecule has 12 heteroatoms. The van der Waals surface area contributed by atoms with Gasteiger partial charge in [-0.05, 0) is 32.3 Å². The third kappa shape index (κ3) is 5.32. The Bertz CT molecular complexity index is 1150. The van der Waals surface area contributed by atoms with Crippen LogP contribution in [-0.4, -0.2) is 75.8 Å². The highest BCUT2D eigenvalue weighted by Crippen LogP contribution is 2.38. The molecule has 4 rings (SSSR count). The van der Waals surface area contributed by atoms with Crippen LogP contribution in [0.2, 0.25) is 0 Å². The van der Waals surface area contributed by atoms with Gasteiger partial charge in [0.2, 0.25) is 5.91 Å². The van der Waals surface area contributed by atoms with Crippen LogP contribution in [0.5, 0.6) is 0 Å². The van der Waals surface area contributed by atoms with Crippen molar-refractivity contribution in [3.63, 3.8) is 0 Å². The molecule has 36 heavy (non-hydrogen) atoms. The van der Waals surface area contributed by atoms with Crippen molar-refractivity contribution in [1.82, 2.24) is 25.1 Å². The Balaban J connectivity index is 1.69. The third-order valence-electron chi connectivity index (χ3n) is 6.47. The number of hydrogen-bond acceptors (Lipinski definition) is 7. The highest BCUT2D eigenvalue weighted by Gasteiger charge is 2.34. The van der Waals surface area contributed by atoms with Gasteiger partial charge in [0.25, 0.3) is 18.2 Å². The number of likely N-dealkylation sites (tertiary alicyclic amines) is 2. The van der Waals surface area contributed by atoms with Gasteiger partial charge in [-0.2, -0.15) is 0 Å². The van der Waals surface area contributed by atoms with E-state index in [1.54, 1.807) is 9.80 Å². The first-order chi connectivity index (χ1) is 17.2. The zero-order chi connectivity index (χ0) is 26.0. The number of carbonyl (C=O) groups is 3. The summed E-state index contributed by atoms with van der Waals surface area (Å²) in [7, 11) is 0. The van der Waals surface area contributed by atoms with Crippen molar-refractivity contribution in [3.8, 4) is 10.4 Å². The maximum atomic E-state index is 14.1. The molecule has 2 saturated heterocycles. The van der Waals surface area contributed by atoms with E-state index in [4.69, 9.17) is 0 Å². The molecular weight excluding hydrogens is 490 g/mol. The number of anilines is 1. The second-order valence-electron chi connectivity index (χ2n) is 9.17. The smallest absolute Gasteiger partial charge is 0.280 e. The van der Waals surface area contributed by atoms with Gasteiger partial charge < -0.3 is 20.4 Å². The van der Waals surface area contributed by atoms with Gasteiger partial charge in [0.1, 0.15) is 11.5 Å². The minimum Gasteiger partial charge on any atom is -0.370 e. The van der Waals surface area contributed by atoms with Crippen molar-refractivity contribution in [3.05, 3.63) is 28.5 Å². The first-order valence-corrected chi connectivity index (χ1v) is 12.9. The SMILES string of the molecule is CCCNc1cc(C(F)F)c(-c2sc(C(=O)NC3CN(C(C)=O)C3)nc2C(=O)N2CCCC2C)cn1. The molecular formula is C24H30F2N6O3S. The number of hydrogen-bond donors (Lipinski definition) is 2. The fourth-order valence-corrected chi connectivity index (χ4v) is 5.37. The predicted octanol–water partition coefficient (Wildman–Crippen LogP) is 3.55. The van der Waals surface area contributed by atoms with Crippen LogP contribution in [0.15, 0.2) is 12.3 Å². The van der Waals surface area contributed by atoms with E-state index in [-0.39, 0.29) is 50.6 Å². The molecule has 2 aliphatic rings. The fourth-order valence-electron chi connectivity index (χ4n) is 4.38. The minimum atomic E-state index is -2.81. The van der Waals surface area contributed by atoms with Crippen LogP contribution in [0.3, 0.4) is 0 Å². The minimum absolute atomic E-state index is 0.00909. The van der Waals surface area contributed by atoms with Crippen LogP contribution in [0.4, 0.5) is 14.6 Å². The molecule has 3 amide bonds. The summed E-state index contributed by atoms with van der Waals surface area (Å²) in [5, 5.41) is 5.82. The zero-order valence-electron chi connectivity index (χ0n) is 20.5. The summed E-state index contributed by atoms with van der Waals surface area (Å²) in [4.78, 5) is 49.9. The van der Waals surface area contributed by atoms with Crippen molar-refractivity contribution in [2.45, 2.75) is 58.5 Å². The van der Waals surface area contributed by atoms with E-state index in [1.165, 1.54) is 19.2 Å². The van der Waals surface area contributed by atoms with E-state index < -0.39 is 12.3 Å². The Hall–Kier alpha value is -3.15. The number of amides is 3. The number of halogens is 2. The standard InChI is InChI=1S/C24H30F2N6O3S/c1-4-7-27-18-9-16(21(25)26)17(10-28-18)20-19(24(35)32-8-5-6-13(32)2)30-23(36-20)22(34)29-15-11-31(12-15)14(3)33/h9-10,13,15,21H,4-8,11-12H2,1-3H3,(H,27,28)(H,29,34). The normalized spacial score (nSPS) is 17.9. The van der Waals surface area contributed by atoms with Gasteiger partial charge in [-0.1, -0.05) is 6.92 Å². The average Bonchev–Trinajstić information content (AvgIpc) is 3.45. The van der Waals surface area contributed by atoms with Gasteiger partial charge in [0.15, 0.2) is 5.01 Å². The topological polar surface area (TPSA) is 108 Å². The van der Waals surface area contributed by atoms with E-state index in [0.717, 1.165) is 30.6 Å². The average molecular weight is 521 g/mol. The molecule has 2 fully saturated rings. The molecule has 9 nitrogen and oxygen atoms in total. The Morgan fingerprint density at radius 1 is 1.28 bits per heavy atom. The van der Waals surface area contributed by atoms with E-state index in [2.05, 4.69) is 20.6 Å². The van der Waals surface area contributed by atoms with E-state index in [0.29, 0.717) is 32.0 Å². The van der Waals surface area contributed by atoms with Crippen LogP contribution in [0, 0.1) is 0 Å². The molecule has 2 aliphatic heterocycles. The lowest BCUT2D eigenvalue weighted by Gasteiger charge is -2.38. The number of alkyl halides is 2. The second kappa shape index (κ2) is 10.9. The summed E-state index contributed by atoms with van der Waals surface area (Å²) >= 11 is 0.903. The van der Waals surface area contributed by atoms with Gasteiger partial charge in [0, 0.05) is 56.5 Å². The number of nitrogens with zero attached hydrogens (tertiary/aromatic N) is 4. The van der Waals surface area contributed by atoms with Gasteiger partial charge >= 0.3 is 0 Å². The van der Waals surface area contributed by atoms with E-state index >= 15 is 0 Å². The van der Waals surface area contributed by atoms with Crippen LogP contribution >= 0.6 is 11.3 Å².